The molecule has 0 bridgehead atoms. The molecule has 0 saturated carbocycles. The lowest BCUT2D eigenvalue weighted by Crippen LogP contribution is -2.11. The number of rotatable bonds is 4. The SMILES string of the molecule is COc1c2ccccc2c(C=C(C(=O)O)C(=O)O)c2ccccc12. The molecule has 0 unspecified atom stereocenters. The zero-order valence-electron chi connectivity index (χ0n) is 12.8. The van der Waals surface area contributed by atoms with Crippen LogP contribution in [0.3, 0.4) is 0 Å². The molecule has 24 heavy (non-hydrogen) atoms. The van der Waals surface area contributed by atoms with Gasteiger partial charge < -0.3 is 14.9 Å². The Morgan fingerprint density at radius 2 is 1.25 bits per heavy atom. The van der Waals surface area contributed by atoms with Gasteiger partial charge in [-0.25, -0.2) is 9.59 Å². The standard InChI is InChI=1S/C19H14O5/c1-24-17-13-8-4-2-6-11(13)15(10-16(18(20)21)19(22)23)12-7-3-5-9-14(12)17/h2-10H,1H3,(H,20,21)(H,22,23). The van der Waals surface area contributed by atoms with Crippen LogP contribution in [0.25, 0.3) is 27.6 Å². The number of ether oxygens (including phenoxy) is 1. The summed E-state index contributed by atoms with van der Waals surface area (Å²) in [5, 5.41) is 21.4. The van der Waals surface area contributed by atoms with E-state index in [1.165, 1.54) is 6.08 Å². The molecule has 0 spiro atoms. The van der Waals surface area contributed by atoms with Crippen LogP contribution in [-0.2, 0) is 9.59 Å². The molecule has 2 N–H and O–H groups in total. The van der Waals surface area contributed by atoms with E-state index in [1.54, 1.807) is 7.11 Å². The lowest BCUT2D eigenvalue weighted by Gasteiger charge is -2.14. The molecule has 0 atom stereocenters. The highest BCUT2D eigenvalue weighted by atomic mass is 16.5. The summed E-state index contributed by atoms with van der Waals surface area (Å²) in [6.45, 7) is 0. The molecule has 0 heterocycles. The highest BCUT2D eigenvalue weighted by Crippen LogP contribution is 2.38. The maximum atomic E-state index is 11.3. The van der Waals surface area contributed by atoms with E-state index < -0.39 is 17.5 Å². The third-order valence-corrected chi connectivity index (χ3v) is 3.88. The van der Waals surface area contributed by atoms with Crippen LogP contribution in [0.2, 0.25) is 0 Å². The maximum absolute atomic E-state index is 11.3. The van der Waals surface area contributed by atoms with Gasteiger partial charge in [-0.3, -0.25) is 0 Å². The van der Waals surface area contributed by atoms with E-state index in [2.05, 4.69) is 0 Å². The highest BCUT2D eigenvalue weighted by molar-refractivity contribution is 6.20. The molecular weight excluding hydrogens is 308 g/mol. The monoisotopic (exact) mass is 322 g/mol. The van der Waals surface area contributed by atoms with E-state index >= 15 is 0 Å². The average molecular weight is 322 g/mol. The van der Waals surface area contributed by atoms with Crippen molar-refractivity contribution in [2.24, 2.45) is 0 Å². The molecule has 0 aliphatic carbocycles. The van der Waals surface area contributed by atoms with Crippen molar-refractivity contribution in [1.29, 1.82) is 0 Å². The quantitative estimate of drug-likeness (QED) is 0.332. The van der Waals surface area contributed by atoms with E-state index in [0.717, 1.165) is 21.5 Å². The number of carboxylic acid groups (broad SMARTS) is 2. The Balaban J connectivity index is 2.52. The Hall–Kier alpha value is -3.34. The second-order valence-corrected chi connectivity index (χ2v) is 5.21. The van der Waals surface area contributed by atoms with Crippen LogP contribution >= 0.6 is 0 Å². The Labute approximate surface area is 137 Å². The third-order valence-electron chi connectivity index (χ3n) is 3.88. The van der Waals surface area contributed by atoms with E-state index in [1.807, 2.05) is 48.5 Å². The molecule has 0 radical (unpaired) electrons. The molecule has 5 nitrogen and oxygen atoms in total. The second-order valence-electron chi connectivity index (χ2n) is 5.21. The van der Waals surface area contributed by atoms with Gasteiger partial charge in [-0.2, -0.15) is 0 Å². The predicted molar refractivity (Wildman–Crippen MR) is 91.3 cm³/mol. The van der Waals surface area contributed by atoms with Crippen molar-refractivity contribution in [3.8, 4) is 5.75 Å². The first kappa shape index (κ1) is 15.6. The first-order valence-electron chi connectivity index (χ1n) is 7.20. The van der Waals surface area contributed by atoms with Crippen LogP contribution in [-0.4, -0.2) is 29.3 Å². The minimum absolute atomic E-state index is 0.543. The molecule has 3 aromatic rings. The van der Waals surface area contributed by atoms with Gasteiger partial charge >= 0.3 is 11.9 Å². The van der Waals surface area contributed by atoms with Gasteiger partial charge in [0.05, 0.1) is 7.11 Å². The fraction of sp³-hybridized carbons (Fsp3) is 0.0526. The first-order valence-corrected chi connectivity index (χ1v) is 7.20. The van der Waals surface area contributed by atoms with Crippen LogP contribution in [0, 0.1) is 0 Å². The maximum Gasteiger partial charge on any atom is 0.343 e. The minimum Gasteiger partial charge on any atom is -0.495 e. The van der Waals surface area contributed by atoms with E-state index in [9.17, 15) is 19.8 Å². The molecule has 120 valence electrons. The minimum atomic E-state index is -1.48. The smallest absolute Gasteiger partial charge is 0.343 e. The molecule has 3 rings (SSSR count). The average Bonchev–Trinajstić information content (AvgIpc) is 2.57. The van der Waals surface area contributed by atoms with Crippen molar-refractivity contribution in [2.45, 2.75) is 0 Å². The zero-order chi connectivity index (χ0) is 17.3. The highest BCUT2D eigenvalue weighted by Gasteiger charge is 2.19. The van der Waals surface area contributed by atoms with Crippen molar-refractivity contribution in [3.05, 3.63) is 59.7 Å². The largest absolute Gasteiger partial charge is 0.495 e. The number of benzene rings is 3. The Kier molecular flexibility index (Phi) is 3.92. The molecule has 0 amide bonds. The van der Waals surface area contributed by atoms with Gasteiger partial charge in [0.1, 0.15) is 11.3 Å². The summed E-state index contributed by atoms with van der Waals surface area (Å²) in [5.74, 6) is -2.29. The van der Waals surface area contributed by atoms with E-state index in [-0.39, 0.29) is 0 Å². The van der Waals surface area contributed by atoms with Crippen molar-refractivity contribution in [2.75, 3.05) is 7.11 Å². The topological polar surface area (TPSA) is 83.8 Å². The fourth-order valence-corrected chi connectivity index (χ4v) is 2.86. The van der Waals surface area contributed by atoms with Crippen molar-refractivity contribution < 1.29 is 24.5 Å². The van der Waals surface area contributed by atoms with Crippen LogP contribution in [0.1, 0.15) is 5.56 Å². The summed E-state index contributed by atoms with van der Waals surface area (Å²) >= 11 is 0. The number of methoxy groups -OCH3 is 1. The molecule has 5 heteroatoms. The number of hydrogen-bond acceptors (Lipinski definition) is 3. The van der Waals surface area contributed by atoms with Crippen molar-refractivity contribution in [1.82, 2.24) is 0 Å². The van der Waals surface area contributed by atoms with Crippen molar-refractivity contribution >= 4 is 39.6 Å². The number of aliphatic carboxylic acids is 2. The van der Waals surface area contributed by atoms with Crippen LogP contribution < -0.4 is 4.74 Å². The molecule has 0 fully saturated rings. The summed E-state index contributed by atoms with van der Waals surface area (Å²) in [5.41, 5.74) is -0.141. The molecule has 0 aliphatic rings. The van der Waals surface area contributed by atoms with Gasteiger partial charge in [-0.05, 0) is 22.4 Å². The second kappa shape index (κ2) is 6.04. The number of hydrogen-bond donors (Lipinski definition) is 2. The Morgan fingerprint density at radius 1 is 0.833 bits per heavy atom. The van der Waals surface area contributed by atoms with E-state index in [0.29, 0.717) is 11.3 Å². The van der Waals surface area contributed by atoms with Gasteiger partial charge in [0, 0.05) is 10.8 Å². The third kappa shape index (κ3) is 2.46. The zero-order valence-corrected chi connectivity index (χ0v) is 12.8. The lowest BCUT2D eigenvalue weighted by molar-refractivity contribution is -0.139. The molecule has 0 aromatic heterocycles. The predicted octanol–water partition coefficient (Wildman–Crippen LogP) is 3.55. The van der Waals surface area contributed by atoms with Crippen molar-refractivity contribution in [3.63, 3.8) is 0 Å². The lowest BCUT2D eigenvalue weighted by atomic mass is 9.94. The molecule has 0 saturated heterocycles. The normalized spacial score (nSPS) is 10.5. The van der Waals surface area contributed by atoms with Crippen LogP contribution in [0.5, 0.6) is 5.75 Å². The number of carboxylic acids is 2. The number of fused-ring (bicyclic) bond motifs is 2. The summed E-state index contributed by atoms with van der Waals surface area (Å²) in [6, 6.07) is 14.7. The summed E-state index contributed by atoms with van der Waals surface area (Å²) in [6.07, 6.45) is 1.20. The number of carbonyl (C=O) groups is 2. The van der Waals surface area contributed by atoms with Crippen LogP contribution in [0.15, 0.2) is 54.1 Å². The van der Waals surface area contributed by atoms with Gasteiger partial charge in [0.25, 0.3) is 0 Å². The van der Waals surface area contributed by atoms with Gasteiger partial charge in [-0.1, -0.05) is 48.5 Å². The van der Waals surface area contributed by atoms with E-state index in [4.69, 9.17) is 4.74 Å². The molecule has 0 aliphatic heterocycles. The summed E-state index contributed by atoms with van der Waals surface area (Å²) in [7, 11) is 1.57. The fourth-order valence-electron chi connectivity index (χ4n) is 2.86. The first-order chi connectivity index (χ1) is 11.5. The summed E-state index contributed by atoms with van der Waals surface area (Å²) < 4.78 is 5.54. The van der Waals surface area contributed by atoms with Gasteiger partial charge in [0.15, 0.2) is 0 Å². The molecular formula is C19H14O5. The van der Waals surface area contributed by atoms with Crippen LogP contribution in [0.4, 0.5) is 0 Å². The van der Waals surface area contributed by atoms with Gasteiger partial charge in [0.2, 0.25) is 0 Å². The molecule has 3 aromatic carbocycles. The Morgan fingerprint density at radius 3 is 1.62 bits per heavy atom. The van der Waals surface area contributed by atoms with Gasteiger partial charge in [-0.15, -0.1) is 0 Å². The Bertz CT molecular complexity index is 928. The summed E-state index contributed by atoms with van der Waals surface area (Å²) in [4.78, 5) is 22.5.